The molecule has 3 unspecified atom stereocenters. The first-order valence-electron chi connectivity index (χ1n) is 9.54. The average Bonchev–Trinajstić information content (AvgIpc) is 2.83. The maximum Gasteiger partial charge on any atom is 0.311 e. The van der Waals surface area contributed by atoms with Crippen molar-refractivity contribution in [3.8, 4) is 0 Å². The number of piperidine rings is 1. The summed E-state index contributed by atoms with van der Waals surface area (Å²) in [5.41, 5.74) is 2.57. The van der Waals surface area contributed by atoms with Crippen LogP contribution < -0.4 is 0 Å². The Hall–Kier alpha value is -1.35. The molecule has 2 fully saturated rings. The molecular weight excluding hydrogens is 298 g/mol. The average molecular weight is 329 g/mol. The summed E-state index contributed by atoms with van der Waals surface area (Å²) in [5, 5.41) is 0. The van der Waals surface area contributed by atoms with Crippen molar-refractivity contribution in [3.63, 3.8) is 0 Å². The molecule has 1 aromatic rings. The van der Waals surface area contributed by atoms with Crippen LogP contribution in [-0.2, 0) is 9.53 Å². The zero-order chi connectivity index (χ0) is 17.3. The Balaban J connectivity index is 1.87. The second kappa shape index (κ2) is 7.26. The maximum absolute atomic E-state index is 13.1. The van der Waals surface area contributed by atoms with Gasteiger partial charge in [-0.25, -0.2) is 0 Å². The van der Waals surface area contributed by atoms with Crippen molar-refractivity contribution in [1.29, 1.82) is 0 Å². The van der Waals surface area contributed by atoms with Gasteiger partial charge in [0.25, 0.3) is 0 Å². The summed E-state index contributed by atoms with van der Waals surface area (Å²) in [4.78, 5) is 15.5. The van der Waals surface area contributed by atoms with E-state index in [2.05, 4.69) is 57.0 Å². The van der Waals surface area contributed by atoms with Crippen molar-refractivity contribution >= 4 is 5.97 Å². The number of rotatable bonds is 5. The van der Waals surface area contributed by atoms with Crippen LogP contribution >= 0.6 is 0 Å². The largest absolute Gasteiger partial charge is 0.462 e. The number of fused-ring (bicyclic) bond motifs is 2. The normalized spacial score (nSPS) is 29.9. The molecule has 2 aliphatic rings. The molecule has 1 aromatic carbocycles. The van der Waals surface area contributed by atoms with E-state index in [1.165, 1.54) is 17.5 Å². The van der Waals surface area contributed by atoms with Crippen LogP contribution in [0.4, 0.5) is 0 Å². The molecule has 0 aliphatic carbocycles. The van der Waals surface area contributed by atoms with Gasteiger partial charge in [0.15, 0.2) is 0 Å². The molecule has 24 heavy (non-hydrogen) atoms. The summed E-state index contributed by atoms with van der Waals surface area (Å²) >= 11 is 0. The first kappa shape index (κ1) is 17.5. The summed E-state index contributed by atoms with van der Waals surface area (Å²) in [6.07, 6.45) is 5.24. The predicted molar refractivity (Wildman–Crippen MR) is 97.1 cm³/mol. The van der Waals surface area contributed by atoms with E-state index >= 15 is 0 Å². The second-order valence-corrected chi connectivity index (χ2v) is 7.62. The van der Waals surface area contributed by atoms with Gasteiger partial charge in [-0.15, -0.1) is 0 Å². The molecule has 3 nitrogen and oxygen atoms in total. The number of carbonyl (C=O) groups is 1. The monoisotopic (exact) mass is 329 g/mol. The second-order valence-electron chi connectivity index (χ2n) is 7.62. The van der Waals surface area contributed by atoms with Crippen LogP contribution in [-0.4, -0.2) is 36.1 Å². The van der Waals surface area contributed by atoms with Crippen LogP contribution in [0.2, 0.25) is 0 Å². The van der Waals surface area contributed by atoms with Crippen molar-refractivity contribution in [2.75, 3.05) is 7.05 Å². The molecule has 0 saturated carbocycles. The number of benzene rings is 1. The Labute approximate surface area is 146 Å². The zero-order valence-electron chi connectivity index (χ0n) is 15.5. The topological polar surface area (TPSA) is 29.5 Å². The van der Waals surface area contributed by atoms with Crippen molar-refractivity contribution < 1.29 is 9.53 Å². The number of esters is 1. The molecule has 0 radical (unpaired) electrons. The quantitative estimate of drug-likeness (QED) is 0.755. The van der Waals surface area contributed by atoms with E-state index in [1.54, 1.807) is 0 Å². The van der Waals surface area contributed by atoms with Crippen LogP contribution in [0.3, 0.4) is 0 Å². The van der Waals surface area contributed by atoms with Crippen LogP contribution in [0.5, 0.6) is 0 Å². The van der Waals surface area contributed by atoms with Gasteiger partial charge in [0.05, 0.1) is 5.92 Å². The van der Waals surface area contributed by atoms with Crippen LogP contribution in [0.15, 0.2) is 24.3 Å². The molecule has 2 saturated heterocycles. The van der Waals surface area contributed by atoms with Crippen LogP contribution in [0.1, 0.15) is 63.0 Å². The van der Waals surface area contributed by atoms with Gasteiger partial charge in [-0.3, -0.25) is 9.69 Å². The minimum Gasteiger partial charge on any atom is -0.462 e. The fourth-order valence-electron chi connectivity index (χ4n) is 4.64. The lowest BCUT2D eigenvalue weighted by Gasteiger charge is -2.42. The van der Waals surface area contributed by atoms with E-state index in [4.69, 9.17) is 4.74 Å². The highest BCUT2D eigenvalue weighted by Gasteiger charge is 2.49. The zero-order valence-corrected chi connectivity index (χ0v) is 15.5. The van der Waals surface area contributed by atoms with Crippen LogP contribution in [0, 0.1) is 12.8 Å². The van der Waals surface area contributed by atoms with E-state index < -0.39 is 0 Å². The number of carbonyl (C=O) groups excluding carboxylic acids is 1. The molecular formula is C21H31NO2. The Morgan fingerprint density at radius 3 is 2.50 bits per heavy atom. The third-order valence-electron chi connectivity index (χ3n) is 6.24. The van der Waals surface area contributed by atoms with E-state index in [-0.39, 0.29) is 18.0 Å². The summed E-state index contributed by atoms with van der Waals surface area (Å²) in [7, 11) is 2.19. The maximum atomic E-state index is 13.1. The lowest BCUT2D eigenvalue weighted by atomic mass is 9.76. The summed E-state index contributed by atoms with van der Waals surface area (Å²) in [6.45, 7) is 6.30. The Morgan fingerprint density at radius 2 is 1.88 bits per heavy atom. The fraction of sp³-hybridized carbons (Fsp3) is 0.667. The minimum atomic E-state index is -0.0305. The third-order valence-corrected chi connectivity index (χ3v) is 6.24. The van der Waals surface area contributed by atoms with Gasteiger partial charge in [0.1, 0.15) is 6.10 Å². The number of ether oxygens (including phenoxy) is 1. The van der Waals surface area contributed by atoms with Gasteiger partial charge in [0.2, 0.25) is 0 Å². The molecule has 132 valence electrons. The van der Waals surface area contributed by atoms with Crippen molar-refractivity contribution in [1.82, 2.24) is 4.90 Å². The highest BCUT2D eigenvalue weighted by atomic mass is 16.5. The molecule has 2 heterocycles. The standard InChI is InChI=1S/C21H31NO2/c1-5-17(6-2)24-21(23)20-18(15-9-7-14(3)8-10-15)13-16-11-12-19(20)22(16)4/h7-10,16-20H,5-6,11-13H2,1-4H3/t16-,18?,19?,20?/m1/s1. The lowest BCUT2D eigenvalue weighted by molar-refractivity contribution is -0.159. The Morgan fingerprint density at radius 1 is 1.21 bits per heavy atom. The SMILES string of the molecule is CCC(CC)OC(=O)C1C(c2ccc(C)cc2)C[C@H]2CCC1N2C. The predicted octanol–water partition coefficient (Wildman–Crippen LogP) is 4.29. The van der Waals surface area contributed by atoms with Gasteiger partial charge in [-0.2, -0.15) is 0 Å². The summed E-state index contributed by atoms with van der Waals surface area (Å²) in [5.74, 6) is 0.282. The van der Waals surface area contributed by atoms with Crippen molar-refractivity contribution in [2.24, 2.45) is 5.92 Å². The molecule has 2 aliphatic heterocycles. The highest BCUT2D eigenvalue weighted by Crippen LogP contribution is 2.46. The molecule has 0 amide bonds. The number of hydrogen-bond acceptors (Lipinski definition) is 3. The molecule has 3 rings (SSSR count). The van der Waals surface area contributed by atoms with Crippen molar-refractivity contribution in [2.45, 2.75) is 77.0 Å². The minimum absolute atomic E-state index is 0.0199. The van der Waals surface area contributed by atoms with Crippen molar-refractivity contribution in [3.05, 3.63) is 35.4 Å². The first-order chi connectivity index (χ1) is 11.5. The fourth-order valence-corrected chi connectivity index (χ4v) is 4.64. The Kier molecular flexibility index (Phi) is 5.29. The van der Waals surface area contributed by atoms with E-state index in [1.807, 2.05) is 0 Å². The van der Waals surface area contributed by atoms with Gasteiger partial charge in [-0.05, 0) is 51.6 Å². The molecule has 2 bridgehead atoms. The van der Waals surface area contributed by atoms with E-state index in [0.29, 0.717) is 18.0 Å². The number of hydrogen-bond donors (Lipinski definition) is 0. The number of nitrogens with zero attached hydrogens (tertiary/aromatic N) is 1. The Bertz CT molecular complexity index is 564. The van der Waals surface area contributed by atoms with Crippen LogP contribution in [0.25, 0.3) is 0 Å². The van der Waals surface area contributed by atoms with Gasteiger partial charge in [-0.1, -0.05) is 43.7 Å². The first-order valence-corrected chi connectivity index (χ1v) is 9.54. The van der Waals surface area contributed by atoms with Gasteiger partial charge >= 0.3 is 5.97 Å². The summed E-state index contributed by atoms with van der Waals surface area (Å²) in [6, 6.07) is 9.69. The highest BCUT2D eigenvalue weighted by molar-refractivity contribution is 5.75. The third kappa shape index (κ3) is 3.23. The molecule has 3 heteroatoms. The van der Waals surface area contributed by atoms with E-state index in [9.17, 15) is 4.79 Å². The molecule has 0 aromatic heterocycles. The molecule has 0 N–H and O–H groups in total. The molecule has 0 spiro atoms. The summed E-state index contributed by atoms with van der Waals surface area (Å²) < 4.78 is 5.90. The lowest BCUT2D eigenvalue weighted by Crippen LogP contribution is -2.49. The van der Waals surface area contributed by atoms with E-state index in [0.717, 1.165) is 25.7 Å². The smallest absolute Gasteiger partial charge is 0.311 e. The van der Waals surface area contributed by atoms with Gasteiger partial charge in [0, 0.05) is 18.0 Å². The van der Waals surface area contributed by atoms with Gasteiger partial charge < -0.3 is 4.74 Å². The molecule has 4 atom stereocenters. The number of aryl methyl sites for hydroxylation is 1.